The number of methoxy groups -OCH3 is 1. The van der Waals surface area contributed by atoms with E-state index in [-0.39, 0.29) is 28.4 Å². The number of anilines is 1. The lowest BCUT2D eigenvalue weighted by Crippen LogP contribution is -2.35. The van der Waals surface area contributed by atoms with Gasteiger partial charge in [0.15, 0.2) is 0 Å². The van der Waals surface area contributed by atoms with Crippen molar-refractivity contribution in [3.63, 3.8) is 0 Å². The standard InChI is InChI=1S/C22H24N4O5S/c1-26(16-7-3-4-8-16)32(28,29)17-13-11-15(12-14-17)20(27)23-22-25-24-21(31-22)18-9-5-6-10-19(18)30-2/h5-6,9-14,16H,3-4,7-8H2,1-2H3,(H,23,25,27). The molecule has 1 aromatic heterocycles. The molecule has 0 spiro atoms. The molecule has 0 aliphatic heterocycles. The van der Waals surface area contributed by atoms with Gasteiger partial charge in [-0.1, -0.05) is 30.1 Å². The molecule has 0 atom stereocenters. The lowest BCUT2D eigenvalue weighted by atomic mass is 10.2. The second-order valence-electron chi connectivity index (χ2n) is 7.55. The van der Waals surface area contributed by atoms with Crippen molar-refractivity contribution in [1.29, 1.82) is 0 Å². The fourth-order valence-corrected chi connectivity index (χ4v) is 5.20. The number of carbonyl (C=O) groups excluding carboxylic acids is 1. The van der Waals surface area contributed by atoms with Gasteiger partial charge in [0, 0.05) is 18.7 Å². The maximum absolute atomic E-state index is 12.9. The summed E-state index contributed by atoms with van der Waals surface area (Å²) in [5.41, 5.74) is 0.869. The number of para-hydroxylation sites is 1. The van der Waals surface area contributed by atoms with Crippen LogP contribution in [0.4, 0.5) is 6.01 Å². The van der Waals surface area contributed by atoms with Gasteiger partial charge in [0.05, 0.1) is 17.6 Å². The number of rotatable bonds is 7. The van der Waals surface area contributed by atoms with Crippen LogP contribution in [-0.4, -0.2) is 49.0 Å². The molecule has 0 radical (unpaired) electrons. The predicted molar refractivity (Wildman–Crippen MR) is 118 cm³/mol. The molecule has 0 bridgehead atoms. The Hall–Kier alpha value is -3.24. The summed E-state index contributed by atoms with van der Waals surface area (Å²) >= 11 is 0. The van der Waals surface area contributed by atoms with Gasteiger partial charge in [-0.15, -0.1) is 5.10 Å². The van der Waals surface area contributed by atoms with Crippen molar-refractivity contribution >= 4 is 21.9 Å². The van der Waals surface area contributed by atoms with Crippen LogP contribution in [0.5, 0.6) is 5.75 Å². The summed E-state index contributed by atoms with van der Waals surface area (Å²) in [6, 6.07) is 12.9. The number of benzene rings is 2. The van der Waals surface area contributed by atoms with E-state index in [0.717, 1.165) is 25.7 Å². The zero-order chi connectivity index (χ0) is 22.7. The van der Waals surface area contributed by atoms with E-state index >= 15 is 0 Å². The van der Waals surface area contributed by atoms with E-state index in [1.165, 1.54) is 35.7 Å². The summed E-state index contributed by atoms with van der Waals surface area (Å²) in [7, 11) is -0.462. The number of sulfonamides is 1. The Bertz CT molecular complexity index is 1200. The summed E-state index contributed by atoms with van der Waals surface area (Å²) in [6.45, 7) is 0. The Labute approximate surface area is 186 Å². The Morgan fingerprint density at radius 1 is 1.09 bits per heavy atom. The molecule has 9 nitrogen and oxygen atoms in total. The number of hydrogen-bond acceptors (Lipinski definition) is 7. The van der Waals surface area contributed by atoms with Crippen molar-refractivity contribution < 1.29 is 22.4 Å². The van der Waals surface area contributed by atoms with Gasteiger partial charge in [-0.25, -0.2) is 8.42 Å². The van der Waals surface area contributed by atoms with Gasteiger partial charge < -0.3 is 9.15 Å². The average molecular weight is 457 g/mol. The number of nitrogens with zero attached hydrogens (tertiary/aromatic N) is 3. The molecule has 32 heavy (non-hydrogen) atoms. The van der Waals surface area contributed by atoms with E-state index in [0.29, 0.717) is 11.3 Å². The second-order valence-corrected chi connectivity index (χ2v) is 9.55. The van der Waals surface area contributed by atoms with E-state index in [4.69, 9.17) is 9.15 Å². The topological polar surface area (TPSA) is 115 Å². The van der Waals surface area contributed by atoms with Crippen LogP contribution in [0.3, 0.4) is 0 Å². The number of hydrogen-bond donors (Lipinski definition) is 1. The van der Waals surface area contributed by atoms with Gasteiger partial charge in [-0.3, -0.25) is 10.1 Å². The first-order chi connectivity index (χ1) is 15.4. The summed E-state index contributed by atoms with van der Waals surface area (Å²) in [4.78, 5) is 12.7. The molecule has 1 saturated carbocycles. The zero-order valence-corrected chi connectivity index (χ0v) is 18.6. The Morgan fingerprint density at radius 3 is 2.47 bits per heavy atom. The molecular weight excluding hydrogens is 432 g/mol. The molecule has 10 heteroatoms. The summed E-state index contributed by atoms with van der Waals surface area (Å²) in [6.07, 6.45) is 3.82. The number of nitrogens with one attached hydrogen (secondary N) is 1. The fraction of sp³-hybridized carbons (Fsp3) is 0.318. The van der Waals surface area contributed by atoms with E-state index in [1.54, 1.807) is 25.2 Å². The van der Waals surface area contributed by atoms with E-state index in [9.17, 15) is 13.2 Å². The van der Waals surface area contributed by atoms with Gasteiger partial charge in [0.2, 0.25) is 10.0 Å². The fourth-order valence-electron chi connectivity index (χ4n) is 3.78. The molecule has 0 unspecified atom stereocenters. The molecule has 0 saturated heterocycles. The minimum absolute atomic E-state index is 0.0259. The van der Waals surface area contributed by atoms with Crippen LogP contribution in [0.15, 0.2) is 57.8 Å². The normalized spacial score (nSPS) is 14.6. The summed E-state index contributed by atoms with van der Waals surface area (Å²) < 4.78 is 38.0. The maximum atomic E-state index is 12.9. The third-order valence-corrected chi connectivity index (χ3v) is 7.54. The van der Waals surface area contributed by atoms with E-state index in [2.05, 4.69) is 15.5 Å². The number of amides is 1. The van der Waals surface area contributed by atoms with Crippen molar-refractivity contribution in [2.75, 3.05) is 19.5 Å². The minimum Gasteiger partial charge on any atom is -0.496 e. The molecule has 1 fully saturated rings. The van der Waals surface area contributed by atoms with Gasteiger partial charge in [0.25, 0.3) is 11.8 Å². The van der Waals surface area contributed by atoms with Crippen LogP contribution in [0.1, 0.15) is 36.0 Å². The summed E-state index contributed by atoms with van der Waals surface area (Å²) in [5, 5.41) is 10.3. The van der Waals surface area contributed by atoms with Crippen molar-refractivity contribution in [3.8, 4) is 17.2 Å². The largest absolute Gasteiger partial charge is 0.496 e. The highest BCUT2D eigenvalue weighted by atomic mass is 32.2. The third-order valence-electron chi connectivity index (χ3n) is 5.62. The Kier molecular flexibility index (Phi) is 6.24. The molecule has 4 rings (SSSR count). The average Bonchev–Trinajstić information content (AvgIpc) is 3.51. The zero-order valence-electron chi connectivity index (χ0n) is 17.8. The number of ether oxygens (including phenoxy) is 1. The SMILES string of the molecule is COc1ccccc1-c1nnc(NC(=O)c2ccc(S(=O)(=O)N(C)C3CCCC3)cc2)o1. The molecule has 1 heterocycles. The highest BCUT2D eigenvalue weighted by Gasteiger charge is 2.30. The molecular formula is C22H24N4O5S. The molecule has 1 aliphatic rings. The van der Waals surface area contributed by atoms with Crippen LogP contribution >= 0.6 is 0 Å². The number of aromatic nitrogens is 2. The molecule has 1 amide bonds. The highest BCUT2D eigenvalue weighted by molar-refractivity contribution is 7.89. The van der Waals surface area contributed by atoms with Gasteiger partial charge in [0.1, 0.15) is 5.75 Å². The lowest BCUT2D eigenvalue weighted by molar-refractivity contribution is 0.102. The predicted octanol–water partition coefficient (Wildman–Crippen LogP) is 3.56. The van der Waals surface area contributed by atoms with Gasteiger partial charge in [-0.2, -0.15) is 4.31 Å². The Morgan fingerprint density at radius 2 is 1.78 bits per heavy atom. The van der Waals surface area contributed by atoms with Crippen molar-refractivity contribution in [3.05, 3.63) is 54.1 Å². The quantitative estimate of drug-likeness (QED) is 0.578. The van der Waals surface area contributed by atoms with Crippen molar-refractivity contribution in [2.24, 2.45) is 0 Å². The molecule has 1 aliphatic carbocycles. The third kappa shape index (κ3) is 4.37. The molecule has 3 aromatic rings. The van der Waals surface area contributed by atoms with Crippen LogP contribution in [0.2, 0.25) is 0 Å². The van der Waals surface area contributed by atoms with Crippen molar-refractivity contribution in [1.82, 2.24) is 14.5 Å². The smallest absolute Gasteiger partial charge is 0.322 e. The molecule has 168 valence electrons. The second kappa shape index (κ2) is 9.09. The molecule has 2 aromatic carbocycles. The highest BCUT2D eigenvalue weighted by Crippen LogP contribution is 2.30. The van der Waals surface area contributed by atoms with Crippen LogP contribution < -0.4 is 10.1 Å². The van der Waals surface area contributed by atoms with Crippen LogP contribution in [0, 0.1) is 0 Å². The first kappa shape index (κ1) is 22.0. The molecule has 1 N–H and O–H groups in total. The minimum atomic E-state index is -3.61. The first-order valence-electron chi connectivity index (χ1n) is 10.3. The maximum Gasteiger partial charge on any atom is 0.322 e. The lowest BCUT2D eigenvalue weighted by Gasteiger charge is -2.23. The number of carbonyl (C=O) groups is 1. The van der Waals surface area contributed by atoms with Crippen molar-refractivity contribution in [2.45, 2.75) is 36.6 Å². The Balaban J connectivity index is 1.46. The first-order valence-corrected chi connectivity index (χ1v) is 11.7. The van der Waals surface area contributed by atoms with Crippen LogP contribution in [0.25, 0.3) is 11.5 Å². The van der Waals surface area contributed by atoms with Crippen LogP contribution in [-0.2, 0) is 10.0 Å². The van der Waals surface area contributed by atoms with E-state index in [1.807, 2.05) is 6.07 Å². The van der Waals surface area contributed by atoms with E-state index < -0.39 is 15.9 Å². The van der Waals surface area contributed by atoms with Gasteiger partial charge >= 0.3 is 6.01 Å². The summed E-state index contributed by atoms with van der Waals surface area (Å²) in [5.74, 6) is 0.274. The monoisotopic (exact) mass is 456 g/mol. The van der Waals surface area contributed by atoms with Gasteiger partial charge in [-0.05, 0) is 49.2 Å².